The molecule has 0 bridgehead atoms. The van der Waals surface area contributed by atoms with Crippen LogP contribution in [0.4, 0.5) is 5.69 Å². The van der Waals surface area contributed by atoms with Gasteiger partial charge >= 0.3 is 5.63 Å². The normalized spacial score (nSPS) is 16.4. The molecule has 6 rings (SSSR count). The maximum Gasteiger partial charge on any atom is 0.344 e. The summed E-state index contributed by atoms with van der Waals surface area (Å²) in [5.41, 5.74) is 0.569. The zero-order chi connectivity index (χ0) is 29.5. The molecule has 0 saturated carbocycles. The Kier molecular flexibility index (Phi) is 6.81. The number of hydrogen-bond donors (Lipinski definition) is 1. The first kappa shape index (κ1) is 26.9. The zero-order valence-corrected chi connectivity index (χ0v) is 23.4. The van der Waals surface area contributed by atoms with Gasteiger partial charge in [0.1, 0.15) is 11.3 Å². The summed E-state index contributed by atoms with van der Waals surface area (Å²) >= 11 is 0. The summed E-state index contributed by atoms with van der Waals surface area (Å²) in [6.45, 7) is -0.0545. The van der Waals surface area contributed by atoms with Crippen LogP contribution in [-0.4, -0.2) is 54.4 Å². The number of carbonyl (C=O) groups excluding carboxylic acids is 1. The summed E-state index contributed by atoms with van der Waals surface area (Å²) in [5, 5.41) is 3.40. The Balaban J connectivity index is 1.52. The van der Waals surface area contributed by atoms with Crippen molar-refractivity contribution in [3.05, 3.63) is 64.0 Å². The fraction of sp³-hybridized carbons (Fsp3) is 0.267. The fourth-order valence-electron chi connectivity index (χ4n) is 5.39. The molecule has 0 radical (unpaired) electrons. The number of hydrogen-bond acceptors (Lipinski definition) is 11. The van der Waals surface area contributed by atoms with Crippen molar-refractivity contribution in [3.63, 3.8) is 0 Å². The van der Waals surface area contributed by atoms with Crippen molar-refractivity contribution in [2.75, 3.05) is 47.7 Å². The van der Waals surface area contributed by atoms with Gasteiger partial charge in [-0.25, -0.2) is 4.79 Å². The molecule has 0 spiro atoms. The van der Waals surface area contributed by atoms with Crippen LogP contribution in [0.1, 0.15) is 17.0 Å². The molecule has 4 aromatic rings. The number of nitrogens with one attached hydrogen (secondary N) is 1. The van der Waals surface area contributed by atoms with Crippen molar-refractivity contribution in [3.8, 4) is 46.0 Å². The smallest absolute Gasteiger partial charge is 0.344 e. The minimum absolute atomic E-state index is 0.0545. The molecule has 1 amide bonds. The molecule has 2 aliphatic heterocycles. The van der Waals surface area contributed by atoms with Gasteiger partial charge in [-0.2, -0.15) is 0 Å². The van der Waals surface area contributed by atoms with Crippen LogP contribution in [0.15, 0.2) is 51.7 Å². The molecule has 1 aromatic heterocycles. The molecule has 1 N–H and O–H groups in total. The molecular formula is C30H27NO11. The van der Waals surface area contributed by atoms with Crippen LogP contribution < -0.4 is 48.8 Å². The van der Waals surface area contributed by atoms with Gasteiger partial charge in [0.2, 0.25) is 24.0 Å². The van der Waals surface area contributed by atoms with Gasteiger partial charge < -0.3 is 47.6 Å². The molecule has 3 heterocycles. The lowest BCUT2D eigenvalue weighted by Crippen LogP contribution is -2.35. The molecule has 3 aromatic carbocycles. The molecule has 2 aliphatic rings. The molecule has 2 atom stereocenters. The van der Waals surface area contributed by atoms with E-state index in [0.717, 1.165) is 0 Å². The lowest BCUT2D eigenvalue weighted by Gasteiger charge is -2.22. The lowest BCUT2D eigenvalue weighted by atomic mass is 9.87. The molecule has 0 unspecified atom stereocenters. The Bertz CT molecular complexity index is 1740. The van der Waals surface area contributed by atoms with Gasteiger partial charge in [-0.05, 0) is 18.2 Å². The number of fused-ring (bicyclic) bond motifs is 4. The molecule has 42 heavy (non-hydrogen) atoms. The quantitative estimate of drug-likeness (QED) is 0.304. The highest BCUT2D eigenvalue weighted by Gasteiger charge is 2.47. The van der Waals surface area contributed by atoms with Crippen molar-refractivity contribution in [2.24, 2.45) is 0 Å². The second kappa shape index (κ2) is 10.6. The highest BCUT2D eigenvalue weighted by Crippen LogP contribution is 2.55. The Hall–Kier alpha value is -5.26. The summed E-state index contributed by atoms with van der Waals surface area (Å²) in [6, 6.07) is 11.8. The molecule has 12 nitrogen and oxygen atoms in total. The molecule has 0 saturated heterocycles. The van der Waals surface area contributed by atoms with E-state index in [9.17, 15) is 9.59 Å². The largest absolute Gasteiger partial charge is 0.493 e. The average Bonchev–Trinajstić information content (AvgIpc) is 3.66. The van der Waals surface area contributed by atoms with E-state index in [1.54, 1.807) is 42.5 Å². The SMILES string of the molecule is COc1cc(NC(=O)[C@H]2Oc3c(c(=O)oc4ccccc34)[C@H]2c2cc(OC)c3c(c2OC)OCO3)cc(OC)c1OC. The molecule has 0 aliphatic carbocycles. The first-order chi connectivity index (χ1) is 20.4. The first-order valence-electron chi connectivity index (χ1n) is 12.8. The van der Waals surface area contributed by atoms with Crippen molar-refractivity contribution in [1.29, 1.82) is 0 Å². The van der Waals surface area contributed by atoms with Gasteiger partial charge in [0.25, 0.3) is 5.91 Å². The number of amides is 1. The van der Waals surface area contributed by atoms with Crippen molar-refractivity contribution in [1.82, 2.24) is 0 Å². The van der Waals surface area contributed by atoms with Crippen LogP contribution in [0.2, 0.25) is 0 Å². The standard InChI is InChI=1S/C30H27NO11/c1-34-18-10-14(11-19(35-2)25(18)38-5)31-29(32)27-21(16-12-20(36-3)26-28(24(16)37-4)40-13-39-26)22-23(42-27)15-8-6-7-9-17(15)41-30(22)33/h6-12,21,27H,13H2,1-5H3,(H,31,32)/t21-,27+/m1/s1. The summed E-state index contributed by atoms with van der Waals surface area (Å²) in [6.07, 6.45) is -1.24. The van der Waals surface area contributed by atoms with Crippen LogP contribution in [0.3, 0.4) is 0 Å². The van der Waals surface area contributed by atoms with Crippen LogP contribution in [0.25, 0.3) is 11.0 Å². The molecule has 12 heteroatoms. The monoisotopic (exact) mass is 577 g/mol. The van der Waals surface area contributed by atoms with E-state index >= 15 is 0 Å². The van der Waals surface area contributed by atoms with Crippen molar-refractivity contribution >= 4 is 22.6 Å². The average molecular weight is 578 g/mol. The molecular weight excluding hydrogens is 550 g/mol. The van der Waals surface area contributed by atoms with Crippen LogP contribution in [0, 0.1) is 0 Å². The fourth-order valence-corrected chi connectivity index (χ4v) is 5.39. The van der Waals surface area contributed by atoms with Crippen LogP contribution in [0.5, 0.6) is 46.0 Å². The first-order valence-corrected chi connectivity index (χ1v) is 12.8. The van der Waals surface area contributed by atoms with Crippen LogP contribution in [-0.2, 0) is 4.79 Å². The third kappa shape index (κ3) is 4.14. The Morgan fingerprint density at radius 1 is 0.810 bits per heavy atom. The lowest BCUT2D eigenvalue weighted by molar-refractivity contribution is -0.122. The maximum atomic E-state index is 14.0. The van der Waals surface area contributed by atoms with E-state index in [-0.39, 0.29) is 29.6 Å². The minimum Gasteiger partial charge on any atom is -0.493 e. The van der Waals surface area contributed by atoms with Gasteiger partial charge in [0, 0.05) is 23.4 Å². The van der Waals surface area contributed by atoms with Gasteiger partial charge in [-0.15, -0.1) is 0 Å². The second-order valence-corrected chi connectivity index (χ2v) is 9.31. The number of para-hydroxylation sites is 1. The number of ether oxygens (including phenoxy) is 8. The van der Waals surface area contributed by atoms with E-state index in [0.29, 0.717) is 51.0 Å². The maximum absolute atomic E-state index is 14.0. The highest BCUT2D eigenvalue weighted by molar-refractivity contribution is 5.98. The third-order valence-corrected chi connectivity index (χ3v) is 7.20. The van der Waals surface area contributed by atoms with Crippen molar-refractivity contribution < 1.29 is 47.1 Å². The van der Waals surface area contributed by atoms with Gasteiger partial charge in [-0.1, -0.05) is 12.1 Å². The Morgan fingerprint density at radius 3 is 2.14 bits per heavy atom. The number of methoxy groups -OCH3 is 5. The van der Waals surface area contributed by atoms with Crippen molar-refractivity contribution in [2.45, 2.75) is 12.0 Å². The van der Waals surface area contributed by atoms with Gasteiger partial charge in [-0.3, -0.25) is 4.79 Å². The minimum atomic E-state index is -1.24. The van der Waals surface area contributed by atoms with Gasteiger partial charge in [0.05, 0.1) is 52.4 Å². The van der Waals surface area contributed by atoms with E-state index in [1.807, 2.05) is 0 Å². The molecule has 218 valence electrons. The van der Waals surface area contributed by atoms with E-state index in [4.69, 9.17) is 42.3 Å². The Labute approximate surface area is 239 Å². The molecule has 0 fully saturated rings. The summed E-state index contributed by atoms with van der Waals surface area (Å²) in [7, 11) is 7.36. The predicted octanol–water partition coefficient (Wildman–Crippen LogP) is 4.10. The highest BCUT2D eigenvalue weighted by atomic mass is 16.7. The van der Waals surface area contributed by atoms with Gasteiger partial charge in [0.15, 0.2) is 29.1 Å². The van der Waals surface area contributed by atoms with E-state index in [1.165, 1.54) is 35.5 Å². The van der Waals surface area contributed by atoms with Crippen LogP contribution >= 0.6 is 0 Å². The third-order valence-electron chi connectivity index (χ3n) is 7.20. The number of anilines is 1. The van der Waals surface area contributed by atoms with E-state index < -0.39 is 23.6 Å². The topological polar surface area (TPSA) is 133 Å². The summed E-state index contributed by atoms with van der Waals surface area (Å²) < 4.78 is 50.9. The Morgan fingerprint density at radius 2 is 1.48 bits per heavy atom. The van der Waals surface area contributed by atoms with E-state index in [2.05, 4.69) is 5.32 Å². The number of benzene rings is 3. The summed E-state index contributed by atoms with van der Waals surface area (Å²) in [5.74, 6) is 0.964. The second-order valence-electron chi connectivity index (χ2n) is 9.31. The zero-order valence-electron chi connectivity index (χ0n) is 23.4. The number of rotatable bonds is 8. The predicted molar refractivity (Wildman–Crippen MR) is 149 cm³/mol. The summed E-state index contributed by atoms with van der Waals surface area (Å²) in [4.78, 5) is 27.6. The number of carbonyl (C=O) groups is 1.